The van der Waals surface area contributed by atoms with E-state index in [1.165, 1.54) is 12.8 Å². The Morgan fingerprint density at radius 2 is 2.23 bits per heavy atom. The first kappa shape index (κ1) is 10.3. The van der Waals surface area contributed by atoms with Crippen LogP contribution >= 0.6 is 15.9 Å². The molecule has 0 saturated carbocycles. The zero-order valence-corrected chi connectivity index (χ0v) is 9.39. The van der Waals surface area contributed by atoms with E-state index in [0.29, 0.717) is 0 Å². The molecule has 0 atom stereocenters. The van der Waals surface area contributed by atoms with Gasteiger partial charge in [-0.15, -0.1) is 0 Å². The predicted octanol–water partition coefficient (Wildman–Crippen LogP) is 3.99. The molecule has 1 aromatic carbocycles. The van der Waals surface area contributed by atoms with Crippen LogP contribution in [0.25, 0.3) is 0 Å². The van der Waals surface area contributed by atoms with Crippen molar-refractivity contribution in [3.63, 3.8) is 0 Å². The number of hydrogen-bond acceptors (Lipinski definition) is 0. The van der Waals surface area contributed by atoms with Gasteiger partial charge in [-0.05, 0) is 24.6 Å². The molecule has 0 aliphatic carbocycles. The third-order valence-electron chi connectivity index (χ3n) is 1.71. The van der Waals surface area contributed by atoms with Crippen LogP contribution in [0.15, 0.2) is 28.7 Å². The van der Waals surface area contributed by atoms with Gasteiger partial charge in [0.05, 0.1) is 0 Å². The van der Waals surface area contributed by atoms with E-state index < -0.39 is 0 Å². The lowest BCUT2D eigenvalue weighted by atomic mass is 10.2. The summed E-state index contributed by atoms with van der Waals surface area (Å²) in [6.07, 6.45) is 3.41. The monoisotopic (exact) mass is 236 g/mol. The highest BCUT2D eigenvalue weighted by molar-refractivity contribution is 9.10. The topological polar surface area (TPSA) is 0 Å². The Labute approximate surface area is 88.5 Å². The molecule has 0 aliphatic heterocycles. The van der Waals surface area contributed by atoms with Gasteiger partial charge in [-0.2, -0.15) is 0 Å². The van der Waals surface area contributed by atoms with E-state index in [0.717, 1.165) is 16.5 Å². The molecule has 0 aromatic heterocycles. The van der Waals surface area contributed by atoms with Crippen molar-refractivity contribution in [1.82, 2.24) is 0 Å². The van der Waals surface area contributed by atoms with Gasteiger partial charge in [-0.25, -0.2) is 0 Å². The molecule has 68 valence electrons. The Balaban J connectivity index is 2.56. The molecule has 0 radical (unpaired) electrons. The third-order valence-corrected chi connectivity index (χ3v) is 2.21. The largest absolute Gasteiger partial charge is 0.0979 e. The van der Waals surface area contributed by atoms with Gasteiger partial charge in [-0.3, -0.25) is 0 Å². The van der Waals surface area contributed by atoms with E-state index in [-0.39, 0.29) is 0 Å². The van der Waals surface area contributed by atoms with Crippen molar-refractivity contribution in [2.24, 2.45) is 0 Å². The number of unbranched alkanes of at least 4 members (excludes halogenated alkanes) is 2. The van der Waals surface area contributed by atoms with Crippen molar-refractivity contribution in [2.75, 3.05) is 0 Å². The van der Waals surface area contributed by atoms with Crippen LogP contribution in [0.4, 0.5) is 0 Å². The standard InChI is InChI=1S/C12H13Br/c1-2-3-4-5-7-11-8-6-9-12(13)10-11/h6,8-10H,2-4H2,1H3. The summed E-state index contributed by atoms with van der Waals surface area (Å²) in [4.78, 5) is 0. The second-order valence-corrected chi connectivity index (χ2v) is 3.83. The fraction of sp³-hybridized carbons (Fsp3) is 0.333. The Bertz CT molecular complexity index is 317. The van der Waals surface area contributed by atoms with Crippen LogP contribution in [0.5, 0.6) is 0 Å². The molecule has 0 saturated heterocycles. The first-order valence-corrected chi connectivity index (χ1v) is 5.36. The molecule has 0 heterocycles. The molecule has 0 fully saturated rings. The van der Waals surface area contributed by atoms with Crippen LogP contribution < -0.4 is 0 Å². The van der Waals surface area contributed by atoms with Crippen LogP contribution in [0.3, 0.4) is 0 Å². The molecule has 0 aliphatic rings. The molecule has 1 rings (SSSR count). The minimum Gasteiger partial charge on any atom is -0.0979 e. The normalized spacial score (nSPS) is 9.08. The summed E-state index contributed by atoms with van der Waals surface area (Å²) in [6, 6.07) is 8.09. The van der Waals surface area contributed by atoms with Crippen LogP contribution in [-0.4, -0.2) is 0 Å². The molecule has 0 bridgehead atoms. The molecule has 13 heavy (non-hydrogen) atoms. The van der Waals surface area contributed by atoms with Crippen LogP contribution in [-0.2, 0) is 0 Å². The molecule has 0 N–H and O–H groups in total. The Kier molecular flexibility index (Phi) is 4.64. The summed E-state index contributed by atoms with van der Waals surface area (Å²) in [5.41, 5.74) is 1.09. The molecular weight excluding hydrogens is 224 g/mol. The van der Waals surface area contributed by atoms with Gasteiger partial charge in [0.2, 0.25) is 0 Å². The van der Waals surface area contributed by atoms with E-state index in [9.17, 15) is 0 Å². The van der Waals surface area contributed by atoms with Crippen LogP contribution in [0.2, 0.25) is 0 Å². The molecule has 0 unspecified atom stereocenters. The van der Waals surface area contributed by atoms with E-state index in [1.807, 2.05) is 24.3 Å². The maximum absolute atomic E-state index is 3.42. The van der Waals surface area contributed by atoms with E-state index in [4.69, 9.17) is 0 Å². The highest BCUT2D eigenvalue weighted by atomic mass is 79.9. The van der Waals surface area contributed by atoms with Crippen LogP contribution in [0, 0.1) is 11.8 Å². The van der Waals surface area contributed by atoms with Gasteiger partial charge in [0, 0.05) is 16.5 Å². The summed E-state index contributed by atoms with van der Waals surface area (Å²) in [5, 5.41) is 0. The molecule has 0 spiro atoms. The minimum atomic E-state index is 1.00. The third kappa shape index (κ3) is 4.15. The Morgan fingerprint density at radius 3 is 2.92 bits per heavy atom. The average Bonchev–Trinajstić information content (AvgIpc) is 2.13. The van der Waals surface area contributed by atoms with Crippen LogP contribution in [0.1, 0.15) is 31.7 Å². The summed E-state index contributed by atoms with van der Waals surface area (Å²) < 4.78 is 1.09. The van der Waals surface area contributed by atoms with Crippen molar-refractivity contribution in [3.8, 4) is 11.8 Å². The van der Waals surface area contributed by atoms with Crippen molar-refractivity contribution in [3.05, 3.63) is 34.3 Å². The van der Waals surface area contributed by atoms with Gasteiger partial charge < -0.3 is 0 Å². The highest BCUT2D eigenvalue weighted by Gasteiger charge is 1.87. The second-order valence-electron chi connectivity index (χ2n) is 2.92. The van der Waals surface area contributed by atoms with E-state index >= 15 is 0 Å². The maximum atomic E-state index is 3.42. The smallest absolute Gasteiger partial charge is 0.0256 e. The molecule has 0 nitrogen and oxygen atoms in total. The minimum absolute atomic E-state index is 1.00. The van der Waals surface area contributed by atoms with Gasteiger partial charge >= 0.3 is 0 Å². The van der Waals surface area contributed by atoms with Crippen molar-refractivity contribution in [1.29, 1.82) is 0 Å². The number of benzene rings is 1. The summed E-state index contributed by atoms with van der Waals surface area (Å²) in [6.45, 7) is 2.18. The summed E-state index contributed by atoms with van der Waals surface area (Å²) in [7, 11) is 0. The van der Waals surface area contributed by atoms with Gasteiger partial charge in [-0.1, -0.05) is 47.2 Å². The van der Waals surface area contributed by atoms with Gasteiger partial charge in [0.15, 0.2) is 0 Å². The summed E-state index contributed by atoms with van der Waals surface area (Å²) >= 11 is 3.42. The quantitative estimate of drug-likeness (QED) is 0.539. The highest BCUT2D eigenvalue weighted by Crippen LogP contribution is 2.10. The SMILES string of the molecule is CCCCC#Cc1cccc(Br)c1. The van der Waals surface area contributed by atoms with Crippen molar-refractivity contribution in [2.45, 2.75) is 26.2 Å². The maximum Gasteiger partial charge on any atom is 0.0256 e. The zero-order valence-electron chi connectivity index (χ0n) is 7.81. The van der Waals surface area contributed by atoms with E-state index in [1.54, 1.807) is 0 Å². The predicted molar refractivity (Wildman–Crippen MR) is 60.5 cm³/mol. The molecule has 1 heteroatoms. The lowest BCUT2D eigenvalue weighted by Gasteiger charge is -1.90. The lowest BCUT2D eigenvalue weighted by Crippen LogP contribution is -1.73. The molecular formula is C12H13Br. The second kappa shape index (κ2) is 5.83. The number of rotatable bonds is 2. The summed E-state index contributed by atoms with van der Waals surface area (Å²) in [5.74, 6) is 6.30. The van der Waals surface area contributed by atoms with Gasteiger partial charge in [0.1, 0.15) is 0 Å². The van der Waals surface area contributed by atoms with Crippen molar-refractivity contribution >= 4 is 15.9 Å². The number of hydrogen-bond donors (Lipinski definition) is 0. The first-order valence-electron chi connectivity index (χ1n) is 4.57. The average molecular weight is 237 g/mol. The Hall–Kier alpha value is -0.740. The van der Waals surface area contributed by atoms with Gasteiger partial charge in [0.25, 0.3) is 0 Å². The molecule has 0 amide bonds. The zero-order chi connectivity index (χ0) is 9.52. The molecule has 1 aromatic rings. The van der Waals surface area contributed by atoms with E-state index in [2.05, 4.69) is 34.7 Å². The fourth-order valence-corrected chi connectivity index (χ4v) is 1.40. The Morgan fingerprint density at radius 1 is 1.38 bits per heavy atom. The lowest BCUT2D eigenvalue weighted by molar-refractivity contribution is 0.828. The van der Waals surface area contributed by atoms with Crippen molar-refractivity contribution < 1.29 is 0 Å². The number of halogens is 1. The fourth-order valence-electron chi connectivity index (χ4n) is 0.996. The first-order chi connectivity index (χ1) is 6.33.